The van der Waals surface area contributed by atoms with Crippen LogP contribution in [0.5, 0.6) is 5.75 Å². The first-order chi connectivity index (χ1) is 10.4. The number of nitrogens with one attached hydrogen (secondary N) is 1. The van der Waals surface area contributed by atoms with Gasteiger partial charge in [0.15, 0.2) is 11.8 Å². The van der Waals surface area contributed by atoms with E-state index in [1.165, 1.54) is 11.8 Å². The van der Waals surface area contributed by atoms with Crippen LogP contribution in [-0.4, -0.2) is 34.5 Å². The number of hydrazine groups is 1. The van der Waals surface area contributed by atoms with Crippen molar-refractivity contribution in [2.24, 2.45) is 4.99 Å². The zero-order valence-electron chi connectivity index (χ0n) is 13.3. The van der Waals surface area contributed by atoms with Crippen molar-refractivity contribution in [2.75, 3.05) is 12.9 Å². The number of rotatable bonds is 4. The highest BCUT2D eigenvalue weighted by atomic mass is 32.2. The molecule has 1 aromatic carbocycles. The largest absolute Gasteiger partial charge is 0.484 e. The molecule has 0 aliphatic carbocycles. The number of nitrogens with zero attached hydrogens (tertiary/aromatic N) is 2. The number of thioether (sulfide) groups is 1. The lowest BCUT2D eigenvalue weighted by Crippen LogP contribution is -2.48. The summed E-state index contributed by atoms with van der Waals surface area (Å²) < 4.78 is 5.45. The van der Waals surface area contributed by atoms with Crippen LogP contribution in [0.15, 0.2) is 47.1 Å². The van der Waals surface area contributed by atoms with Gasteiger partial charge in [0.05, 0.1) is 5.54 Å². The summed E-state index contributed by atoms with van der Waals surface area (Å²) in [5, 5.41) is 2.46. The highest BCUT2D eigenvalue weighted by molar-refractivity contribution is 8.13. The van der Waals surface area contributed by atoms with Crippen molar-refractivity contribution >= 4 is 22.8 Å². The van der Waals surface area contributed by atoms with Crippen molar-refractivity contribution in [2.45, 2.75) is 26.3 Å². The van der Waals surface area contributed by atoms with Crippen molar-refractivity contribution in [1.29, 1.82) is 0 Å². The molecule has 0 spiro atoms. The second-order valence-corrected chi connectivity index (χ2v) is 6.28. The summed E-state index contributed by atoms with van der Waals surface area (Å²) in [6, 6.07) is 9.27. The third kappa shape index (κ3) is 4.27. The number of aliphatic imine (C=N–C) groups is 1. The second-order valence-electron chi connectivity index (χ2n) is 5.51. The summed E-state index contributed by atoms with van der Waals surface area (Å²) >= 11 is 1.50. The van der Waals surface area contributed by atoms with E-state index >= 15 is 0 Å². The number of hydrogen-bond acceptors (Lipinski definition) is 5. The minimum Gasteiger partial charge on any atom is -0.484 e. The average Bonchev–Trinajstić information content (AvgIpc) is 2.48. The summed E-state index contributed by atoms with van der Waals surface area (Å²) in [6.45, 7) is 5.97. The smallest absolute Gasteiger partial charge is 0.276 e. The molecule has 1 N–H and O–H groups in total. The van der Waals surface area contributed by atoms with E-state index in [1.54, 1.807) is 5.01 Å². The van der Waals surface area contributed by atoms with E-state index in [1.807, 2.05) is 63.4 Å². The van der Waals surface area contributed by atoms with E-state index in [4.69, 9.17) is 4.74 Å². The Bertz CT molecular complexity index is 597. The van der Waals surface area contributed by atoms with Crippen molar-refractivity contribution in [1.82, 2.24) is 10.4 Å². The Labute approximate surface area is 135 Å². The van der Waals surface area contributed by atoms with Crippen molar-refractivity contribution in [3.63, 3.8) is 0 Å². The molecule has 0 atom stereocenters. The van der Waals surface area contributed by atoms with Gasteiger partial charge in [0, 0.05) is 5.70 Å². The van der Waals surface area contributed by atoms with E-state index < -0.39 is 0 Å². The number of amides is 1. The molecule has 0 radical (unpaired) electrons. The average molecular weight is 319 g/mol. The van der Waals surface area contributed by atoms with Gasteiger partial charge in [-0.25, -0.2) is 5.01 Å². The van der Waals surface area contributed by atoms with Gasteiger partial charge in [0.25, 0.3) is 5.91 Å². The van der Waals surface area contributed by atoms with E-state index in [2.05, 4.69) is 10.4 Å². The number of ether oxygens (including phenoxy) is 1. The Hall–Kier alpha value is -1.95. The fraction of sp³-hybridized carbons (Fsp3) is 0.375. The first kappa shape index (κ1) is 16.4. The summed E-state index contributed by atoms with van der Waals surface area (Å²) in [7, 11) is 0. The third-order valence-corrected chi connectivity index (χ3v) is 3.66. The van der Waals surface area contributed by atoms with Crippen LogP contribution in [0.3, 0.4) is 0 Å². The number of hydrogen-bond donors (Lipinski definition) is 1. The summed E-state index contributed by atoms with van der Waals surface area (Å²) in [4.78, 5) is 16.7. The van der Waals surface area contributed by atoms with Crippen molar-refractivity contribution in [3.05, 3.63) is 42.1 Å². The molecule has 1 aromatic rings. The maximum absolute atomic E-state index is 12.1. The quantitative estimate of drug-likeness (QED) is 0.927. The Morgan fingerprint density at radius 3 is 2.68 bits per heavy atom. The molecule has 0 saturated heterocycles. The van der Waals surface area contributed by atoms with Gasteiger partial charge in [0.2, 0.25) is 0 Å². The molecular weight excluding hydrogens is 298 g/mol. The van der Waals surface area contributed by atoms with Crippen LogP contribution in [-0.2, 0) is 4.79 Å². The van der Waals surface area contributed by atoms with E-state index in [0.29, 0.717) is 5.75 Å². The number of carbonyl (C=O) groups excluding carboxylic acids is 1. The van der Waals surface area contributed by atoms with Crippen LogP contribution in [0.1, 0.15) is 20.8 Å². The fourth-order valence-electron chi connectivity index (χ4n) is 2.15. The van der Waals surface area contributed by atoms with Crippen LogP contribution in [0.2, 0.25) is 0 Å². The molecule has 1 heterocycles. The molecule has 5 nitrogen and oxygen atoms in total. The second kappa shape index (κ2) is 6.87. The van der Waals surface area contributed by atoms with Gasteiger partial charge < -0.3 is 4.74 Å². The van der Waals surface area contributed by atoms with Crippen molar-refractivity contribution in [3.8, 4) is 5.75 Å². The predicted molar refractivity (Wildman–Crippen MR) is 90.7 cm³/mol. The molecule has 0 fully saturated rings. The SMILES string of the molecule is CSC1=NC(C)(C)C=C(C)N1NC(=O)COc1ccccc1. The van der Waals surface area contributed by atoms with Gasteiger partial charge >= 0.3 is 0 Å². The molecule has 118 valence electrons. The molecular formula is C16H21N3O2S. The molecule has 1 aliphatic heterocycles. The molecule has 0 saturated carbocycles. The van der Waals surface area contributed by atoms with Crippen LogP contribution < -0.4 is 10.2 Å². The lowest BCUT2D eigenvalue weighted by Gasteiger charge is -2.33. The van der Waals surface area contributed by atoms with Crippen molar-refractivity contribution < 1.29 is 9.53 Å². The lowest BCUT2D eigenvalue weighted by molar-refractivity contribution is -0.125. The fourth-order valence-corrected chi connectivity index (χ4v) is 2.85. The highest BCUT2D eigenvalue weighted by Crippen LogP contribution is 2.25. The van der Waals surface area contributed by atoms with Crippen LogP contribution in [0, 0.1) is 0 Å². The Morgan fingerprint density at radius 1 is 1.36 bits per heavy atom. The summed E-state index contributed by atoms with van der Waals surface area (Å²) in [5.41, 5.74) is 3.51. The molecule has 2 rings (SSSR count). The van der Waals surface area contributed by atoms with Gasteiger partial charge in [-0.15, -0.1) is 0 Å². The normalized spacial score (nSPS) is 16.6. The summed E-state index contributed by atoms with van der Waals surface area (Å²) in [5.74, 6) is 0.446. The highest BCUT2D eigenvalue weighted by Gasteiger charge is 2.26. The number of amidine groups is 1. The van der Waals surface area contributed by atoms with E-state index in [9.17, 15) is 4.79 Å². The van der Waals surface area contributed by atoms with E-state index in [-0.39, 0.29) is 18.1 Å². The number of carbonyl (C=O) groups is 1. The third-order valence-electron chi connectivity index (χ3n) is 3.02. The zero-order valence-corrected chi connectivity index (χ0v) is 14.1. The number of allylic oxidation sites excluding steroid dienone is 1. The number of para-hydroxylation sites is 1. The number of benzene rings is 1. The van der Waals surface area contributed by atoms with Crippen LogP contribution in [0.25, 0.3) is 0 Å². The van der Waals surface area contributed by atoms with Crippen LogP contribution in [0.4, 0.5) is 0 Å². The molecule has 0 bridgehead atoms. The predicted octanol–water partition coefficient (Wildman–Crippen LogP) is 2.81. The lowest BCUT2D eigenvalue weighted by atomic mass is 10.0. The molecule has 6 heteroatoms. The standard InChI is InChI=1S/C16H21N3O2S/c1-12-10-16(2,3)17-15(22-4)19(12)18-14(20)11-21-13-8-6-5-7-9-13/h5-10H,11H2,1-4H3,(H,18,20). The Morgan fingerprint density at radius 2 is 2.05 bits per heavy atom. The van der Waals surface area contributed by atoms with Crippen LogP contribution >= 0.6 is 11.8 Å². The molecule has 22 heavy (non-hydrogen) atoms. The minimum atomic E-state index is -0.260. The maximum Gasteiger partial charge on any atom is 0.276 e. The maximum atomic E-state index is 12.1. The van der Waals surface area contributed by atoms with Gasteiger partial charge in [-0.05, 0) is 45.2 Å². The van der Waals surface area contributed by atoms with E-state index in [0.717, 1.165) is 10.9 Å². The molecule has 0 unspecified atom stereocenters. The van der Waals surface area contributed by atoms with Gasteiger partial charge in [0.1, 0.15) is 5.75 Å². The van der Waals surface area contributed by atoms with Gasteiger partial charge in [-0.2, -0.15) is 0 Å². The first-order valence-corrected chi connectivity index (χ1v) is 8.24. The molecule has 0 aromatic heterocycles. The monoisotopic (exact) mass is 319 g/mol. The zero-order chi connectivity index (χ0) is 16.2. The first-order valence-electron chi connectivity index (χ1n) is 7.02. The topological polar surface area (TPSA) is 53.9 Å². The van der Waals surface area contributed by atoms with Gasteiger partial charge in [-0.1, -0.05) is 30.0 Å². The Balaban J connectivity index is 1.97. The Kier molecular flexibility index (Phi) is 5.13. The van der Waals surface area contributed by atoms with Gasteiger partial charge in [-0.3, -0.25) is 15.2 Å². The molecule has 1 amide bonds. The summed E-state index contributed by atoms with van der Waals surface area (Å²) in [6.07, 6.45) is 3.96. The molecule has 1 aliphatic rings. The minimum absolute atomic E-state index is 0.0428.